The van der Waals surface area contributed by atoms with Gasteiger partial charge in [-0.05, 0) is 42.1 Å². The molecule has 3 aromatic rings. The second-order valence-corrected chi connectivity index (χ2v) is 7.83. The lowest BCUT2D eigenvalue weighted by atomic mass is 10.1. The van der Waals surface area contributed by atoms with Gasteiger partial charge in [-0.3, -0.25) is 4.79 Å². The highest BCUT2D eigenvalue weighted by Crippen LogP contribution is 2.26. The number of aromatic amines is 1. The first-order valence-electron chi connectivity index (χ1n) is 7.85. The Hall–Kier alpha value is -2.35. The van der Waals surface area contributed by atoms with E-state index < -0.39 is 10.0 Å². The molecule has 0 fully saturated rings. The van der Waals surface area contributed by atoms with Gasteiger partial charge in [0.15, 0.2) is 0 Å². The second-order valence-electron chi connectivity index (χ2n) is 5.66. The van der Waals surface area contributed by atoms with Crippen LogP contribution in [0.1, 0.15) is 5.56 Å². The van der Waals surface area contributed by atoms with Crippen molar-refractivity contribution in [2.75, 3.05) is 13.7 Å². The van der Waals surface area contributed by atoms with Gasteiger partial charge in [-0.15, -0.1) is 0 Å². The van der Waals surface area contributed by atoms with Crippen LogP contribution in [0.5, 0.6) is 5.75 Å². The lowest BCUT2D eigenvalue weighted by Gasteiger charge is -2.09. The van der Waals surface area contributed by atoms with E-state index in [4.69, 9.17) is 16.3 Å². The molecule has 2 aromatic carbocycles. The third-order valence-corrected chi connectivity index (χ3v) is 5.70. The van der Waals surface area contributed by atoms with Gasteiger partial charge in [-0.2, -0.15) is 0 Å². The van der Waals surface area contributed by atoms with Crippen molar-refractivity contribution in [2.24, 2.45) is 0 Å². The number of halogens is 1. The molecule has 3 rings (SSSR count). The molecule has 2 N–H and O–H groups in total. The second kappa shape index (κ2) is 7.49. The topological polar surface area (TPSA) is 88.3 Å². The largest absolute Gasteiger partial charge is 0.495 e. The van der Waals surface area contributed by atoms with E-state index in [1.54, 1.807) is 6.07 Å². The van der Waals surface area contributed by atoms with Gasteiger partial charge >= 0.3 is 0 Å². The summed E-state index contributed by atoms with van der Waals surface area (Å²) in [6.07, 6.45) is 0.267. The molecule has 136 valence electrons. The molecule has 0 spiro atoms. The monoisotopic (exact) mass is 392 g/mol. The van der Waals surface area contributed by atoms with Gasteiger partial charge in [0.25, 0.3) is 5.56 Å². The Morgan fingerprint density at radius 3 is 2.65 bits per heavy atom. The standard InChI is InChI=1S/C18H17ClN2O4S/c1-25-17-7-6-14(11-15(17)19)26(23,24)20-9-8-13-10-12-4-2-3-5-16(12)21-18(13)22/h2-7,10-11,20H,8-9H2,1H3,(H,21,22). The smallest absolute Gasteiger partial charge is 0.251 e. The molecular weight excluding hydrogens is 376 g/mol. The highest BCUT2D eigenvalue weighted by molar-refractivity contribution is 7.89. The first-order chi connectivity index (χ1) is 12.4. The van der Waals surface area contributed by atoms with Crippen LogP contribution in [-0.4, -0.2) is 27.1 Å². The van der Waals surface area contributed by atoms with E-state index in [-0.39, 0.29) is 28.4 Å². The molecule has 8 heteroatoms. The van der Waals surface area contributed by atoms with Gasteiger partial charge in [0.2, 0.25) is 10.0 Å². The summed E-state index contributed by atoms with van der Waals surface area (Å²) in [6.45, 7) is 0.0907. The number of hydrogen-bond donors (Lipinski definition) is 2. The number of rotatable bonds is 6. The molecule has 0 saturated heterocycles. The average molecular weight is 393 g/mol. The number of nitrogens with one attached hydrogen (secondary N) is 2. The molecule has 0 saturated carbocycles. The summed E-state index contributed by atoms with van der Waals surface area (Å²) in [5.74, 6) is 0.397. The van der Waals surface area contributed by atoms with Gasteiger partial charge in [0, 0.05) is 17.6 Å². The van der Waals surface area contributed by atoms with Crippen molar-refractivity contribution >= 4 is 32.5 Å². The van der Waals surface area contributed by atoms with Crippen LogP contribution in [0.2, 0.25) is 5.02 Å². The minimum Gasteiger partial charge on any atom is -0.495 e. The van der Waals surface area contributed by atoms with Crippen LogP contribution in [0.25, 0.3) is 10.9 Å². The molecule has 0 bridgehead atoms. The third-order valence-electron chi connectivity index (χ3n) is 3.95. The van der Waals surface area contributed by atoms with E-state index in [1.165, 1.54) is 25.3 Å². The van der Waals surface area contributed by atoms with E-state index in [0.717, 1.165) is 10.9 Å². The highest BCUT2D eigenvalue weighted by Gasteiger charge is 2.16. The number of benzene rings is 2. The number of H-pyrrole nitrogens is 1. The SMILES string of the molecule is COc1ccc(S(=O)(=O)NCCc2cc3ccccc3[nH]c2=O)cc1Cl. The first kappa shape index (κ1) is 18.4. The maximum absolute atomic E-state index is 12.4. The molecule has 0 unspecified atom stereocenters. The van der Waals surface area contributed by atoms with Crippen molar-refractivity contribution in [3.63, 3.8) is 0 Å². The number of pyridine rings is 1. The minimum atomic E-state index is -3.74. The van der Waals surface area contributed by atoms with Gasteiger partial charge in [-0.25, -0.2) is 13.1 Å². The number of sulfonamides is 1. The van der Waals surface area contributed by atoms with E-state index in [1.807, 2.05) is 24.3 Å². The Morgan fingerprint density at radius 1 is 1.15 bits per heavy atom. The fourth-order valence-electron chi connectivity index (χ4n) is 2.60. The van der Waals surface area contributed by atoms with Gasteiger partial charge in [0.1, 0.15) is 5.75 Å². The van der Waals surface area contributed by atoms with E-state index in [9.17, 15) is 13.2 Å². The van der Waals surface area contributed by atoms with E-state index >= 15 is 0 Å². The van der Waals surface area contributed by atoms with Gasteiger partial charge < -0.3 is 9.72 Å². The summed E-state index contributed by atoms with van der Waals surface area (Å²) in [4.78, 5) is 14.9. The molecule has 0 radical (unpaired) electrons. The van der Waals surface area contributed by atoms with Crippen LogP contribution in [0.3, 0.4) is 0 Å². The summed E-state index contributed by atoms with van der Waals surface area (Å²) >= 11 is 5.98. The maximum Gasteiger partial charge on any atom is 0.251 e. The predicted octanol–water partition coefficient (Wildman–Crippen LogP) is 2.71. The fourth-order valence-corrected chi connectivity index (χ4v) is 3.98. The van der Waals surface area contributed by atoms with E-state index in [0.29, 0.717) is 11.3 Å². The Labute approximate surface area is 155 Å². The molecule has 0 aliphatic carbocycles. The average Bonchev–Trinajstić information content (AvgIpc) is 2.62. The lowest BCUT2D eigenvalue weighted by Crippen LogP contribution is -2.27. The van der Waals surface area contributed by atoms with Gasteiger partial charge in [0.05, 0.1) is 17.0 Å². The molecule has 0 aliphatic rings. The van der Waals surface area contributed by atoms with Crippen LogP contribution in [0.4, 0.5) is 0 Å². The molecule has 26 heavy (non-hydrogen) atoms. The zero-order valence-corrected chi connectivity index (χ0v) is 15.5. The Kier molecular flexibility index (Phi) is 5.31. The van der Waals surface area contributed by atoms with Crippen LogP contribution in [0, 0.1) is 0 Å². The number of aromatic nitrogens is 1. The quantitative estimate of drug-likeness (QED) is 0.675. The van der Waals surface area contributed by atoms with Crippen LogP contribution in [-0.2, 0) is 16.4 Å². The number of methoxy groups -OCH3 is 1. The van der Waals surface area contributed by atoms with Crippen LogP contribution >= 0.6 is 11.6 Å². The van der Waals surface area contributed by atoms with Crippen molar-refractivity contribution in [3.8, 4) is 5.75 Å². The molecule has 0 amide bonds. The summed E-state index contributed by atoms with van der Waals surface area (Å²) in [5.41, 5.74) is 1.03. The van der Waals surface area contributed by atoms with Crippen molar-refractivity contribution in [1.29, 1.82) is 0 Å². The maximum atomic E-state index is 12.4. The van der Waals surface area contributed by atoms with Crippen LogP contribution < -0.4 is 15.0 Å². The summed E-state index contributed by atoms with van der Waals surface area (Å²) in [5, 5.41) is 1.10. The molecular formula is C18H17ClN2O4S. The number of hydrogen-bond acceptors (Lipinski definition) is 4. The van der Waals surface area contributed by atoms with Crippen molar-refractivity contribution < 1.29 is 13.2 Å². The summed E-state index contributed by atoms with van der Waals surface area (Å²) in [7, 11) is -2.28. The molecule has 1 heterocycles. The molecule has 6 nitrogen and oxygen atoms in total. The van der Waals surface area contributed by atoms with Crippen LogP contribution in [0.15, 0.2) is 58.2 Å². The predicted molar refractivity (Wildman–Crippen MR) is 101 cm³/mol. The summed E-state index contributed by atoms with van der Waals surface area (Å²) in [6, 6.07) is 13.4. The number of ether oxygens (including phenoxy) is 1. The van der Waals surface area contributed by atoms with Gasteiger partial charge in [-0.1, -0.05) is 29.8 Å². The molecule has 0 atom stereocenters. The normalized spacial score (nSPS) is 11.6. The number of para-hydroxylation sites is 1. The van der Waals surface area contributed by atoms with Crippen molar-refractivity contribution in [1.82, 2.24) is 9.71 Å². The Morgan fingerprint density at radius 2 is 1.92 bits per heavy atom. The van der Waals surface area contributed by atoms with Crippen molar-refractivity contribution in [2.45, 2.75) is 11.3 Å². The molecule has 1 aromatic heterocycles. The zero-order chi connectivity index (χ0) is 18.7. The highest BCUT2D eigenvalue weighted by atomic mass is 35.5. The number of fused-ring (bicyclic) bond motifs is 1. The summed E-state index contributed by atoms with van der Waals surface area (Å²) < 4.78 is 32.2. The van der Waals surface area contributed by atoms with Crippen molar-refractivity contribution in [3.05, 3.63) is 69.5 Å². The fraction of sp³-hybridized carbons (Fsp3) is 0.167. The van der Waals surface area contributed by atoms with E-state index in [2.05, 4.69) is 9.71 Å². The minimum absolute atomic E-state index is 0.0377. The Balaban J connectivity index is 1.74. The first-order valence-corrected chi connectivity index (χ1v) is 9.71. The third kappa shape index (κ3) is 3.90. The molecule has 0 aliphatic heterocycles. The zero-order valence-electron chi connectivity index (χ0n) is 14.0. The Bertz CT molecular complexity index is 1110. The lowest BCUT2D eigenvalue weighted by molar-refractivity contribution is 0.414.